The average molecular weight is 241 g/mol. The van der Waals surface area contributed by atoms with Crippen LogP contribution in [-0.2, 0) is 0 Å². The molecule has 0 aliphatic heterocycles. The van der Waals surface area contributed by atoms with Crippen LogP contribution in [0.4, 0.5) is 11.4 Å². The normalized spacial score (nSPS) is 11.9. The van der Waals surface area contributed by atoms with Crippen LogP contribution in [0, 0.1) is 11.3 Å². The van der Waals surface area contributed by atoms with Crippen molar-refractivity contribution in [2.24, 2.45) is 11.3 Å². The smallest absolute Gasteiger partial charge is 0.0575 e. The van der Waals surface area contributed by atoms with E-state index < -0.39 is 0 Å². The maximum atomic E-state index is 5.88. The molecule has 3 N–H and O–H groups in total. The lowest BCUT2D eigenvalue weighted by Gasteiger charge is -2.30. The molecule has 0 radical (unpaired) electrons. The quantitative estimate of drug-likeness (QED) is 0.781. The van der Waals surface area contributed by atoms with E-state index >= 15 is 0 Å². The van der Waals surface area contributed by atoms with Gasteiger partial charge in [-0.2, -0.15) is 0 Å². The van der Waals surface area contributed by atoms with Crippen molar-refractivity contribution in [1.82, 2.24) is 0 Å². The number of halogens is 1. The highest BCUT2D eigenvalue weighted by molar-refractivity contribution is 6.31. The van der Waals surface area contributed by atoms with Crippen molar-refractivity contribution in [3.8, 4) is 0 Å². The topological polar surface area (TPSA) is 38.0 Å². The lowest BCUT2D eigenvalue weighted by atomic mass is 9.81. The number of rotatable bonds is 4. The summed E-state index contributed by atoms with van der Waals surface area (Å²) in [7, 11) is 0. The molecule has 1 aromatic rings. The summed E-state index contributed by atoms with van der Waals surface area (Å²) in [6.45, 7) is 9.85. The van der Waals surface area contributed by atoms with Crippen LogP contribution in [0.2, 0.25) is 5.02 Å². The first-order chi connectivity index (χ1) is 7.33. The molecule has 3 heteroatoms. The van der Waals surface area contributed by atoms with E-state index in [4.69, 9.17) is 17.3 Å². The van der Waals surface area contributed by atoms with Gasteiger partial charge in [-0.3, -0.25) is 0 Å². The van der Waals surface area contributed by atoms with Crippen LogP contribution in [0.15, 0.2) is 18.2 Å². The predicted molar refractivity (Wildman–Crippen MR) is 73.0 cm³/mol. The first-order valence-electron chi connectivity index (χ1n) is 5.62. The van der Waals surface area contributed by atoms with Crippen LogP contribution < -0.4 is 11.1 Å². The summed E-state index contributed by atoms with van der Waals surface area (Å²) in [5.41, 5.74) is 7.78. The van der Waals surface area contributed by atoms with Crippen LogP contribution in [-0.4, -0.2) is 6.54 Å². The Hall–Kier alpha value is -0.890. The van der Waals surface area contributed by atoms with Gasteiger partial charge in [0.2, 0.25) is 0 Å². The van der Waals surface area contributed by atoms with Crippen molar-refractivity contribution in [1.29, 1.82) is 0 Å². The fourth-order valence-electron chi connectivity index (χ4n) is 1.22. The fraction of sp³-hybridized carbons (Fsp3) is 0.538. The fourth-order valence-corrected chi connectivity index (χ4v) is 1.40. The van der Waals surface area contributed by atoms with Gasteiger partial charge in [-0.1, -0.05) is 39.3 Å². The Morgan fingerprint density at radius 2 is 2.00 bits per heavy atom. The molecule has 1 aromatic carbocycles. The molecule has 1 rings (SSSR count). The summed E-state index contributed by atoms with van der Waals surface area (Å²) in [5.74, 6) is 0.619. The summed E-state index contributed by atoms with van der Waals surface area (Å²) < 4.78 is 0. The molecule has 0 aliphatic rings. The molecular formula is C13H21ClN2. The first-order valence-corrected chi connectivity index (χ1v) is 5.99. The van der Waals surface area contributed by atoms with Gasteiger partial charge in [0.15, 0.2) is 0 Å². The largest absolute Gasteiger partial charge is 0.397 e. The van der Waals surface area contributed by atoms with Crippen molar-refractivity contribution >= 4 is 23.0 Å². The van der Waals surface area contributed by atoms with Gasteiger partial charge in [-0.05, 0) is 29.5 Å². The number of nitrogens with one attached hydrogen (secondary N) is 1. The van der Waals surface area contributed by atoms with Gasteiger partial charge in [0.05, 0.1) is 11.4 Å². The minimum atomic E-state index is 0.242. The zero-order valence-electron chi connectivity index (χ0n) is 10.5. The molecule has 0 saturated heterocycles. The maximum absolute atomic E-state index is 5.88. The van der Waals surface area contributed by atoms with Gasteiger partial charge in [0, 0.05) is 11.6 Å². The maximum Gasteiger partial charge on any atom is 0.0575 e. The Kier molecular flexibility index (Phi) is 4.09. The zero-order valence-corrected chi connectivity index (χ0v) is 11.2. The van der Waals surface area contributed by atoms with Gasteiger partial charge in [-0.15, -0.1) is 0 Å². The molecule has 0 saturated carbocycles. The summed E-state index contributed by atoms with van der Waals surface area (Å²) >= 11 is 5.85. The lowest BCUT2D eigenvalue weighted by Crippen LogP contribution is -2.28. The van der Waals surface area contributed by atoms with Gasteiger partial charge in [0.25, 0.3) is 0 Å². The Bertz CT molecular complexity index is 359. The summed E-state index contributed by atoms with van der Waals surface area (Å²) in [6, 6.07) is 5.54. The highest BCUT2D eigenvalue weighted by atomic mass is 35.5. The van der Waals surface area contributed by atoms with Crippen LogP contribution >= 0.6 is 11.6 Å². The van der Waals surface area contributed by atoms with E-state index in [-0.39, 0.29) is 5.41 Å². The third kappa shape index (κ3) is 3.31. The lowest BCUT2D eigenvalue weighted by molar-refractivity contribution is 0.270. The molecular weight excluding hydrogens is 220 g/mol. The Labute approximate surface area is 103 Å². The molecule has 0 bridgehead atoms. The minimum Gasteiger partial charge on any atom is -0.397 e. The zero-order chi connectivity index (χ0) is 12.3. The predicted octanol–water partition coefficient (Wildman–Crippen LogP) is 4.02. The minimum absolute atomic E-state index is 0.242. The average Bonchev–Trinajstić information content (AvgIpc) is 2.16. The molecule has 0 aliphatic carbocycles. The molecule has 0 aromatic heterocycles. The number of anilines is 2. The van der Waals surface area contributed by atoms with E-state index in [2.05, 4.69) is 33.0 Å². The van der Waals surface area contributed by atoms with Crippen LogP contribution in [0.3, 0.4) is 0 Å². The standard InChI is InChI=1S/C13H21ClN2/c1-9(2)13(3,4)8-16-12-6-5-10(14)7-11(12)15/h5-7,9,16H,8,15H2,1-4H3. The van der Waals surface area contributed by atoms with Gasteiger partial charge >= 0.3 is 0 Å². The summed E-state index contributed by atoms with van der Waals surface area (Å²) in [5, 5.41) is 4.05. The molecule has 0 amide bonds. The Balaban J connectivity index is 2.68. The second-order valence-electron chi connectivity index (χ2n) is 5.23. The first kappa shape index (κ1) is 13.2. The molecule has 0 unspecified atom stereocenters. The van der Waals surface area contributed by atoms with E-state index in [1.807, 2.05) is 12.1 Å². The van der Waals surface area contributed by atoms with E-state index in [0.29, 0.717) is 16.6 Å². The molecule has 16 heavy (non-hydrogen) atoms. The van der Waals surface area contributed by atoms with Crippen molar-refractivity contribution in [3.05, 3.63) is 23.2 Å². The van der Waals surface area contributed by atoms with Crippen molar-refractivity contribution in [3.63, 3.8) is 0 Å². The van der Waals surface area contributed by atoms with Gasteiger partial charge < -0.3 is 11.1 Å². The second kappa shape index (κ2) is 4.96. The highest BCUT2D eigenvalue weighted by Gasteiger charge is 2.22. The van der Waals surface area contributed by atoms with Crippen molar-refractivity contribution in [2.45, 2.75) is 27.7 Å². The van der Waals surface area contributed by atoms with Crippen LogP contribution in [0.5, 0.6) is 0 Å². The van der Waals surface area contributed by atoms with E-state index in [9.17, 15) is 0 Å². The van der Waals surface area contributed by atoms with Gasteiger partial charge in [0.1, 0.15) is 0 Å². The number of hydrogen-bond donors (Lipinski definition) is 2. The van der Waals surface area contributed by atoms with Crippen LogP contribution in [0.1, 0.15) is 27.7 Å². The van der Waals surface area contributed by atoms with Crippen molar-refractivity contribution < 1.29 is 0 Å². The monoisotopic (exact) mass is 240 g/mol. The molecule has 0 heterocycles. The van der Waals surface area contributed by atoms with E-state index in [1.165, 1.54) is 0 Å². The molecule has 0 spiro atoms. The Morgan fingerprint density at radius 1 is 1.38 bits per heavy atom. The number of nitrogens with two attached hydrogens (primary N) is 1. The molecule has 0 fully saturated rings. The summed E-state index contributed by atoms with van der Waals surface area (Å²) in [6.07, 6.45) is 0. The number of hydrogen-bond acceptors (Lipinski definition) is 2. The number of benzene rings is 1. The van der Waals surface area contributed by atoms with E-state index in [1.54, 1.807) is 6.07 Å². The highest BCUT2D eigenvalue weighted by Crippen LogP contribution is 2.28. The third-order valence-electron chi connectivity index (χ3n) is 3.31. The van der Waals surface area contributed by atoms with Crippen LogP contribution in [0.25, 0.3) is 0 Å². The third-order valence-corrected chi connectivity index (χ3v) is 3.55. The molecule has 90 valence electrons. The number of nitrogen functional groups attached to an aromatic ring is 1. The van der Waals surface area contributed by atoms with Crippen molar-refractivity contribution in [2.75, 3.05) is 17.6 Å². The SMILES string of the molecule is CC(C)C(C)(C)CNc1ccc(Cl)cc1N. The summed E-state index contributed by atoms with van der Waals surface area (Å²) in [4.78, 5) is 0. The Morgan fingerprint density at radius 3 is 2.50 bits per heavy atom. The van der Waals surface area contributed by atoms with Gasteiger partial charge in [-0.25, -0.2) is 0 Å². The molecule has 2 nitrogen and oxygen atoms in total. The second-order valence-corrected chi connectivity index (χ2v) is 5.66. The molecule has 0 atom stereocenters. The van der Waals surface area contributed by atoms with E-state index in [0.717, 1.165) is 12.2 Å².